The maximum atomic E-state index is 5.88. The molecular weight excluding hydrogens is 122 g/mol. The Balaban J connectivity index is 1.99. The van der Waals surface area contributed by atoms with Crippen LogP contribution in [0.2, 0.25) is 0 Å². The molecule has 2 aliphatic carbocycles. The van der Waals surface area contributed by atoms with Gasteiger partial charge in [0.25, 0.3) is 0 Å². The fourth-order valence-corrected chi connectivity index (χ4v) is 2.47. The molecule has 0 unspecified atom stereocenters. The van der Waals surface area contributed by atoms with E-state index >= 15 is 0 Å². The Morgan fingerprint density at radius 3 is 2.20 bits per heavy atom. The Bertz CT molecular complexity index is 138. The van der Waals surface area contributed by atoms with E-state index in [1.165, 1.54) is 32.1 Å². The van der Waals surface area contributed by atoms with Crippen LogP contribution in [0, 0.1) is 11.3 Å². The molecule has 2 rings (SSSR count). The van der Waals surface area contributed by atoms with Gasteiger partial charge in [0, 0.05) is 6.04 Å². The molecule has 0 radical (unpaired) electrons. The van der Waals surface area contributed by atoms with Crippen molar-refractivity contribution < 1.29 is 0 Å². The monoisotopic (exact) mass is 139 g/mol. The van der Waals surface area contributed by atoms with Crippen molar-refractivity contribution in [1.29, 1.82) is 0 Å². The second kappa shape index (κ2) is 1.97. The summed E-state index contributed by atoms with van der Waals surface area (Å²) in [5.74, 6) is 0.975. The third-order valence-corrected chi connectivity index (χ3v) is 3.63. The van der Waals surface area contributed by atoms with Crippen molar-refractivity contribution in [3.8, 4) is 0 Å². The van der Waals surface area contributed by atoms with Crippen molar-refractivity contribution in [2.75, 3.05) is 0 Å². The maximum Gasteiger partial charge on any atom is 0.0102 e. The van der Waals surface area contributed by atoms with Gasteiger partial charge in [0.2, 0.25) is 0 Å². The van der Waals surface area contributed by atoms with Crippen molar-refractivity contribution >= 4 is 0 Å². The van der Waals surface area contributed by atoms with Gasteiger partial charge in [-0.25, -0.2) is 0 Å². The summed E-state index contributed by atoms with van der Waals surface area (Å²) in [6.07, 6.45) is 7.09. The van der Waals surface area contributed by atoms with Crippen molar-refractivity contribution in [2.45, 2.75) is 45.1 Å². The number of nitrogens with two attached hydrogens (primary N) is 1. The van der Waals surface area contributed by atoms with Crippen LogP contribution < -0.4 is 5.73 Å². The summed E-state index contributed by atoms with van der Waals surface area (Å²) in [5, 5.41) is 0. The van der Waals surface area contributed by atoms with Gasteiger partial charge in [-0.3, -0.25) is 0 Å². The molecule has 1 nitrogen and oxygen atoms in total. The molecule has 58 valence electrons. The molecule has 2 N–H and O–H groups in total. The quantitative estimate of drug-likeness (QED) is 0.590. The summed E-state index contributed by atoms with van der Waals surface area (Å²) in [7, 11) is 0. The Hall–Kier alpha value is -0.0400. The average molecular weight is 139 g/mol. The minimum atomic E-state index is 0.538. The first-order chi connectivity index (χ1) is 4.73. The van der Waals surface area contributed by atoms with Crippen LogP contribution in [0.15, 0.2) is 0 Å². The van der Waals surface area contributed by atoms with E-state index in [1.807, 2.05) is 0 Å². The molecule has 0 aromatic heterocycles. The largest absolute Gasteiger partial charge is 0.327 e. The highest BCUT2D eigenvalue weighted by Crippen LogP contribution is 2.55. The molecule has 0 bridgehead atoms. The maximum absolute atomic E-state index is 5.88. The lowest BCUT2D eigenvalue weighted by molar-refractivity contribution is 0.332. The summed E-state index contributed by atoms with van der Waals surface area (Å²) < 4.78 is 0. The van der Waals surface area contributed by atoms with E-state index in [2.05, 4.69) is 6.92 Å². The van der Waals surface area contributed by atoms with Crippen LogP contribution in [0.5, 0.6) is 0 Å². The second-order valence-electron chi connectivity index (χ2n) is 4.30. The van der Waals surface area contributed by atoms with Gasteiger partial charge in [0.05, 0.1) is 0 Å². The highest BCUT2D eigenvalue weighted by Gasteiger charge is 2.52. The van der Waals surface area contributed by atoms with Crippen molar-refractivity contribution in [1.82, 2.24) is 0 Å². The smallest absolute Gasteiger partial charge is 0.0102 e. The molecule has 1 heteroatoms. The molecule has 0 aromatic carbocycles. The number of hydrogen-bond donors (Lipinski definition) is 1. The summed E-state index contributed by atoms with van der Waals surface area (Å²) in [6, 6.07) is 0.538. The van der Waals surface area contributed by atoms with Crippen molar-refractivity contribution in [3.05, 3.63) is 0 Å². The molecule has 0 spiro atoms. The van der Waals surface area contributed by atoms with Gasteiger partial charge in [-0.05, 0) is 30.6 Å². The summed E-state index contributed by atoms with van der Waals surface area (Å²) in [4.78, 5) is 0. The first-order valence-electron chi connectivity index (χ1n) is 4.49. The van der Waals surface area contributed by atoms with Crippen LogP contribution in [0.4, 0.5) is 0 Å². The summed E-state index contributed by atoms with van der Waals surface area (Å²) in [6.45, 7) is 2.37. The molecule has 2 atom stereocenters. The van der Waals surface area contributed by atoms with E-state index in [0.717, 1.165) is 5.92 Å². The molecule has 2 aliphatic rings. The van der Waals surface area contributed by atoms with Crippen LogP contribution in [-0.4, -0.2) is 6.04 Å². The fraction of sp³-hybridized carbons (Fsp3) is 1.00. The van der Waals surface area contributed by atoms with Gasteiger partial charge < -0.3 is 5.73 Å². The number of hydrogen-bond acceptors (Lipinski definition) is 1. The van der Waals surface area contributed by atoms with Crippen LogP contribution in [0.3, 0.4) is 0 Å². The summed E-state index contributed by atoms with van der Waals surface area (Å²) >= 11 is 0. The molecule has 0 heterocycles. The minimum absolute atomic E-state index is 0.538. The zero-order valence-corrected chi connectivity index (χ0v) is 6.77. The van der Waals surface area contributed by atoms with Gasteiger partial charge in [-0.1, -0.05) is 19.8 Å². The molecule has 10 heavy (non-hydrogen) atoms. The highest BCUT2D eigenvalue weighted by atomic mass is 14.8. The van der Waals surface area contributed by atoms with Crippen LogP contribution in [0.1, 0.15) is 39.0 Å². The minimum Gasteiger partial charge on any atom is -0.327 e. The van der Waals surface area contributed by atoms with Gasteiger partial charge in [0.15, 0.2) is 0 Å². The van der Waals surface area contributed by atoms with Crippen LogP contribution in [-0.2, 0) is 0 Å². The Morgan fingerprint density at radius 1 is 1.30 bits per heavy atom. The average Bonchev–Trinajstić information content (AvgIpc) is 2.35. The lowest BCUT2D eigenvalue weighted by atomic mass is 9.89. The van der Waals surface area contributed by atoms with E-state index in [0.29, 0.717) is 11.5 Å². The van der Waals surface area contributed by atoms with Gasteiger partial charge >= 0.3 is 0 Å². The molecule has 0 amide bonds. The van der Waals surface area contributed by atoms with E-state index in [-0.39, 0.29) is 0 Å². The van der Waals surface area contributed by atoms with Gasteiger partial charge in [-0.15, -0.1) is 0 Å². The Labute approximate surface area is 63.0 Å². The zero-order valence-electron chi connectivity index (χ0n) is 6.77. The first kappa shape index (κ1) is 6.66. The van der Waals surface area contributed by atoms with Crippen LogP contribution in [0.25, 0.3) is 0 Å². The van der Waals surface area contributed by atoms with Crippen molar-refractivity contribution in [2.24, 2.45) is 17.1 Å². The van der Waals surface area contributed by atoms with Gasteiger partial charge in [0.1, 0.15) is 0 Å². The normalized spacial score (nSPS) is 48.0. The Morgan fingerprint density at radius 2 is 1.80 bits per heavy atom. The van der Waals surface area contributed by atoms with E-state index in [9.17, 15) is 0 Å². The Kier molecular flexibility index (Phi) is 1.31. The van der Waals surface area contributed by atoms with E-state index in [1.54, 1.807) is 0 Å². The molecule has 2 saturated carbocycles. The molecule has 2 fully saturated rings. The SMILES string of the molecule is C[C@]1(C2CCCC2)C[C@@H]1N. The van der Waals surface area contributed by atoms with Crippen molar-refractivity contribution in [3.63, 3.8) is 0 Å². The first-order valence-corrected chi connectivity index (χ1v) is 4.49. The lowest BCUT2D eigenvalue weighted by Crippen LogP contribution is -2.18. The van der Waals surface area contributed by atoms with E-state index in [4.69, 9.17) is 5.73 Å². The predicted octanol–water partition coefficient (Wildman–Crippen LogP) is 1.91. The fourth-order valence-electron chi connectivity index (χ4n) is 2.47. The second-order valence-corrected chi connectivity index (χ2v) is 4.30. The molecule has 0 saturated heterocycles. The molecular formula is C9H17N. The summed E-state index contributed by atoms with van der Waals surface area (Å²) in [5.41, 5.74) is 6.45. The highest BCUT2D eigenvalue weighted by molar-refractivity contribution is 5.07. The number of rotatable bonds is 1. The third-order valence-electron chi connectivity index (χ3n) is 3.63. The van der Waals surface area contributed by atoms with Crippen LogP contribution >= 0.6 is 0 Å². The lowest BCUT2D eigenvalue weighted by Gasteiger charge is -2.17. The van der Waals surface area contributed by atoms with E-state index < -0.39 is 0 Å². The zero-order chi connectivity index (χ0) is 7.19. The third kappa shape index (κ3) is 0.800. The predicted molar refractivity (Wildman–Crippen MR) is 42.7 cm³/mol. The molecule has 0 aliphatic heterocycles. The standard InChI is InChI=1S/C9H17N/c1-9(6-8(9)10)7-4-2-3-5-7/h7-8H,2-6,10H2,1H3/t8-,9+/m0/s1. The topological polar surface area (TPSA) is 26.0 Å². The van der Waals surface area contributed by atoms with Gasteiger partial charge in [-0.2, -0.15) is 0 Å². The molecule has 0 aromatic rings.